The molecule has 0 radical (unpaired) electrons. The van der Waals surface area contributed by atoms with Gasteiger partial charge in [-0.1, -0.05) is 0 Å². The van der Waals surface area contributed by atoms with Gasteiger partial charge in [0.2, 0.25) is 0 Å². The first-order valence-electron chi connectivity index (χ1n) is 9.83. The normalized spacial score (nSPS) is 21.4. The van der Waals surface area contributed by atoms with E-state index in [1.54, 1.807) is 4.68 Å². The van der Waals surface area contributed by atoms with Gasteiger partial charge in [0.1, 0.15) is 6.54 Å². The average molecular weight is 400 g/mol. The third kappa shape index (κ3) is 5.67. The highest BCUT2D eigenvalue weighted by molar-refractivity contribution is 5.85. The summed E-state index contributed by atoms with van der Waals surface area (Å²) in [6.45, 7) is 15.7. The first-order chi connectivity index (χ1) is 12.4. The summed E-state index contributed by atoms with van der Waals surface area (Å²) in [5.74, 6) is -0.225. The predicted octanol–water partition coefficient (Wildman–Crippen LogP) is 1.35. The number of nitrogens with zero attached hydrogens (tertiary/aromatic N) is 4. The largest absolute Gasteiger partial charge is 0.462 e. The summed E-state index contributed by atoms with van der Waals surface area (Å²) in [7, 11) is 0. The quantitative estimate of drug-likeness (QED) is 0.728. The van der Waals surface area contributed by atoms with Gasteiger partial charge in [-0.2, -0.15) is 5.10 Å². The molecule has 0 spiro atoms. The van der Waals surface area contributed by atoms with Gasteiger partial charge in [-0.25, -0.2) is 0 Å². The van der Waals surface area contributed by atoms with Crippen LogP contribution in [0.1, 0.15) is 37.2 Å². The zero-order valence-corrected chi connectivity index (χ0v) is 17.8. The van der Waals surface area contributed by atoms with Gasteiger partial charge in [0.15, 0.2) is 0 Å². The Morgan fingerprint density at radius 1 is 1.26 bits per heavy atom. The van der Waals surface area contributed by atoms with Crippen LogP contribution in [0, 0.1) is 13.8 Å². The molecule has 1 aromatic heterocycles. The van der Waals surface area contributed by atoms with Crippen LogP contribution in [0.15, 0.2) is 0 Å². The Labute approximate surface area is 168 Å². The molecule has 0 aromatic carbocycles. The molecule has 1 aromatic rings. The molecular formula is C19H34ClN5O2. The Kier molecular flexibility index (Phi) is 8.09. The van der Waals surface area contributed by atoms with Crippen LogP contribution in [0.3, 0.4) is 0 Å². The van der Waals surface area contributed by atoms with E-state index >= 15 is 0 Å². The molecule has 0 bridgehead atoms. The second-order valence-corrected chi connectivity index (χ2v) is 7.81. The van der Waals surface area contributed by atoms with Crippen LogP contribution in [0.5, 0.6) is 0 Å². The maximum absolute atomic E-state index is 12.0. The van der Waals surface area contributed by atoms with Crippen LogP contribution < -0.4 is 5.32 Å². The second-order valence-electron chi connectivity index (χ2n) is 7.81. The number of piperazine rings is 1. The first-order valence-corrected chi connectivity index (χ1v) is 9.83. The van der Waals surface area contributed by atoms with Gasteiger partial charge < -0.3 is 10.1 Å². The summed E-state index contributed by atoms with van der Waals surface area (Å²) in [6.07, 6.45) is 1.15. The highest BCUT2D eigenvalue weighted by Gasteiger charge is 2.29. The van der Waals surface area contributed by atoms with Crippen molar-refractivity contribution in [3.8, 4) is 0 Å². The molecule has 2 fully saturated rings. The zero-order valence-electron chi connectivity index (χ0n) is 17.0. The van der Waals surface area contributed by atoms with Gasteiger partial charge in [0.05, 0.1) is 11.8 Å². The molecule has 2 aliphatic rings. The lowest BCUT2D eigenvalue weighted by atomic mass is 10.2. The minimum absolute atomic E-state index is 0. The van der Waals surface area contributed by atoms with E-state index in [4.69, 9.17) is 4.74 Å². The monoisotopic (exact) mass is 399 g/mol. The van der Waals surface area contributed by atoms with Crippen LogP contribution in [0.4, 0.5) is 0 Å². The van der Waals surface area contributed by atoms with Gasteiger partial charge >= 0.3 is 5.97 Å². The Hall–Kier alpha value is -1.15. The van der Waals surface area contributed by atoms with Crippen LogP contribution >= 0.6 is 12.4 Å². The third-order valence-electron chi connectivity index (χ3n) is 5.47. The molecule has 1 N–H and O–H groups in total. The fourth-order valence-corrected chi connectivity index (χ4v) is 4.06. The summed E-state index contributed by atoms with van der Waals surface area (Å²) in [5, 5.41) is 8.01. The summed E-state index contributed by atoms with van der Waals surface area (Å²) >= 11 is 0. The summed E-state index contributed by atoms with van der Waals surface area (Å²) in [6, 6.07) is 0.675. The maximum Gasteiger partial charge on any atom is 0.328 e. The number of halogens is 1. The second kappa shape index (κ2) is 9.87. The van der Waals surface area contributed by atoms with Crippen molar-refractivity contribution in [2.45, 2.75) is 59.4 Å². The van der Waals surface area contributed by atoms with Crippen molar-refractivity contribution in [1.82, 2.24) is 24.9 Å². The molecule has 0 saturated carbocycles. The average Bonchev–Trinajstić information content (AvgIpc) is 3.16. The molecule has 1 atom stereocenters. The first kappa shape index (κ1) is 22.1. The zero-order chi connectivity index (χ0) is 18.7. The van der Waals surface area contributed by atoms with E-state index in [-0.39, 0.29) is 31.0 Å². The minimum atomic E-state index is -0.225. The van der Waals surface area contributed by atoms with Crippen LogP contribution in [0.2, 0.25) is 0 Å². The summed E-state index contributed by atoms with van der Waals surface area (Å²) in [5.41, 5.74) is 3.35. The number of likely N-dealkylation sites (tertiary alicyclic amines) is 1. The number of ether oxygens (including phenoxy) is 1. The highest BCUT2D eigenvalue weighted by atomic mass is 35.5. The van der Waals surface area contributed by atoms with E-state index in [0.717, 1.165) is 57.2 Å². The van der Waals surface area contributed by atoms with E-state index in [0.29, 0.717) is 6.04 Å². The minimum Gasteiger partial charge on any atom is -0.462 e. The van der Waals surface area contributed by atoms with Gasteiger partial charge in [0.25, 0.3) is 0 Å². The lowest BCUT2D eigenvalue weighted by Crippen LogP contribution is -2.49. The van der Waals surface area contributed by atoms with Gasteiger partial charge in [-0.05, 0) is 34.1 Å². The predicted molar refractivity (Wildman–Crippen MR) is 108 cm³/mol. The Bertz CT molecular complexity index is 628. The van der Waals surface area contributed by atoms with Gasteiger partial charge in [-0.3, -0.25) is 19.3 Å². The Morgan fingerprint density at radius 2 is 1.96 bits per heavy atom. The fraction of sp³-hybridized carbons (Fsp3) is 0.789. The SMILES string of the molecule is Cc1nn(CC(=O)OC(C)C)c(C)c1CN1CCC(N2CCNCC2)C1.Cl. The molecule has 2 aliphatic heterocycles. The molecule has 27 heavy (non-hydrogen) atoms. The number of nitrogens with one attached hydrogen (secondary N) is 1. The van der Waals surface area contributed by atoms with Gasteiger partial charge in [0, 0.05) is 63.1 Å². The van der Waals surface area contributed by atoms with Crippen LogP contribution in [-0.4, -0.2) is 77.0 Å². The van der Waals surface area contributed by atoms with Crippen molar-refractivity contribution in [2.75, 3.05) is 39.3 Å². The molecule has 8 heteroatoms. The topological polar surface area (TPSA) is 62.6 Å². The van der Waals surface area contributed by atoms with Crippen molar-refractivity contribution in [2.24, 2.45) is 0 Å². The molecule has 2 saturated heterocycles. The lowest BCUT2D eigenvalue weighted by Gasteiger charge is -2.32. The molecular weight excluding hydrogens is 366 g/mol. The number of hydrogen-bond donors (Lipinski definition) is 1. The van der Waals surface area contributed by atoms with Crippen LogP contribution in [-0.2, 0) is 22.6 Å². The van der Waals surface area contributed by atoms with Crippen molar-refractivity contribution in [3.63, 3.8) is 0 Å². The molecule has 154 valence electrons. The summed E-state index contributed by atoms with van der Waals surface area (Å²) < 4.78 is 7.04. The molecule has 3 heterocycles. The van der Waals surface area contributed by atoms with Crippen molar-refractivity contribution < 1.29 is 9.53 Å². The van der Waals surface area contributed by atoms with E-state index < -0.39 is 0 Å². The van der Waals surface area contributed by atoms with Gasteiger partial charge in [-0.15, -0.1) is 12.4 Å². The molecule has 7 nitrogen and oxygen atoms in total. The third-order valence-corrected chi connectivity index (χ3v) is 5.47. The van der Waals surface area contributed by atoms with E-state index in [1.807, 2.05) is 20.8 Å². The fourth-order valence-electron chi connectivity index (χ4n) is 4.06. The van der Waals surface area contributed by atoms with E-state index in [1.165, 1.54) is 12.0 Å². The molecule has 0 amide bonds. The number of carbonyl (C=O) groups excluding carboxylic acids is 1. The lowest BCUT2D eigenvalue weighted by molar-refractivity contribution is -0.148. The van der Waals surface area contributed by atoms with Crippen molar-refractivity contribution in [3.05, 3.63) is 17.0 Å². The van der Waals surface area contributed by atoms with E-state index in [2.05, 4.69) is 27.1 Å². The maximum atomic E-state index is 12.0. The highest BCUT2D eigenvalue weighted by Crippen LogP contribution is 2.22. The molecule has 1 unspecified atom stereocenters. The number of rotatable bonds is 6. The van der Waals surface area contributed by atoms with Crippen molar-refractivity contribution >= 4 is 18.4 Å². The smallest absolute Gasteiger partial charge is 0.328 e. The number of aryl methyl sites for hydroxylation is 1. The number of aromatic nitrogens is 2. The number of carbonyl (C=O) groups is 1. The molecule has 0 aliphatic carbocycles. The van der Waals surface area contributed by atoms with Crippen LogP contribution in [0.25, 0.3) is 0 Å². The summed E-state index contributed by atoms with van der Waals surface area (Å²) in [4.78, 5) is 17.1. The van der Waals surface area contributed by atoms with Crippen molar-refractivity contribution in [1.29, 1.82) is 0 Å². The van der Waals surface area contributed by atoms with E-state index in [9.17, 15) is 4.79 Å². The standard InChI is InChI=1S/C19H33N5O2.ClH/c1-14(2)26-19(25)13-24-16(4)18(15(3)21-24)12-22-8-5-17(11-22)23-9-6-20-7-10-23;/h14,17,20H,5-13H2,1-4H3;1H. The number of hydrogen-bond acceptors (Lipinski definition) is 6. The Morgan fingerprint density at radius 3 is 2.63 bits per heavy atom. The molecule has 3 rings (SSSR count). The Balaban J connectivity index is 0.00000261. The number of esters is 1.